The van der Waals surface area contributed by atoms with Gasteiger partial charge in [-0.05, 0) is 55.8 Å². The third-order valence-corrected chi connectivity index (χ3v) is 7.78. The van der Waals surface area contributed by atoms with Crippen LogP contribution in [0.1, 0.15) is 47.5 Å². The Kier molecular flexibility index (Phi) is 9.41. The molecule has 2 heterocycles. The van der Waals surface area contributed by atoms with Crippen LogP contribution >= 0.6 is 11.6 Å². The number of rotatable bonds is 9. The molecule has 1 fully saturated rings. The zero-order valence-electron chi connectivity index (χ0n) is 24.2. The number of piperazine rings is 1. The van der Waals surface area contributed by atoms with Crippen molar-refractivity contribution < 1.29 is 14.4 Å². The van der Waals surface area contributed by atoms with Crippen molar-refractivity contribution in [2.45, 2.75) is 32.4 Å². The number of halogens is 1. The average molecular weight is 599 g/mol. The number of carbonyl (C=O) groups is 3. The molecule has 2 N–H and O–H groups in total. The van der Waals surface area contributed by atoms with Crippen molar-refractivity contribution in [1.82, 2.24) is 20.0 Å². The molecule has 9 nitrogen and oxygen atoms in total. The lowest BCUT2D eigenvalue weighted by molar-refractivity contribution is -0.126. The zero-order valence-corrected chi connectivity index (χ0v) is 25.0. The number of carbonyl (C=O) groups excluding carboxylic acids is 3. The second kappa shape index (κ2) is 13.6. The van der Waals surface area contributed by atoms with Crippen LogP contribution in [0, 0.1) is 0 Å². The van der Waals surface area contributed by atoms with Gasteiger partial charge in [0.25, 0.3) is 11.8 Å². The summed E-state index contributed by atoms with van der Waals surface area (Å²) in [6.45, 7) is 6.59. The van der Waals surface area contributed by atoms with Crippen molar-refractivity contribution in [3.63, 3.8) is 0 Å². The molecule has 0 radical (unpaired) electrons. The summed E-state index contributed by atoms with van der Waals surface area (Å²) in [6, 6.07) is 24.8. The summed E-state index contributed by atoms with van der Waals surface area (Å²) >= 11 is 6.43. The SMILES string of the molecule is CC(C)n1nccc1C(=O)N1CCN(c2ccc(NC(=O)[C@H](NC(=O)Cc3ccccc3)c3ccccc3Cl)cc2)CC1. The molecule has 5 rings (SSSR count). The summed E-state index contributed by atoms with van der Waals surface area (Å²) in [5.74, 6) is -0.684. The number of anilines is 2. The number of nitrogens with one attached hydrogen (secondary N) is 2. The Labute approximate surface area is 256 Å². The number of nitrogens with zero attached hydrogens (tertiary/aromatic N) is 4. The molecule has 1 saturated heterocycles. The van der Waals surface area contributed by atoms with Gasteiger partial charge < -0.3 is 20.4 Å². The third-order valence-electron chi connectivity index (χ3n) is 7.44. The molecule has 10 heteroatoms. The maximum Gasteiger partial charge on any atom is 0.272 e. The second-order valence-electron chi connectivity index (χ2n) is 10.8. The first-order valence-corrected chi connectivity index (χ1v) is 14.7. The van der Waals surface area contributed by atoms with Gasteiger partial charge in [0.2, 0.25) is 5.91 Å². The Morgan fingerprint density at radius 1 is 0.860 bits per heavy atom. The first-order chi connectivity index (χ1) is 20.8. The minimum atomic E-state index is -0.970. The Balaban J connectivity index is 1.21. The van der Waals surface area contributed by atoms with Gasteiger partial charge in [-0.1, -0.05) is 60.1 Å². The van der Waals surface area contributed by atoms with Crippen LogP contribution in [0.15, 0.2) is 91.1 Å². The Morgan fingerprint density at radius 2 is 1.53 bits per heavy atom. The monoisotopic (exact) mass is 598 g/mol. The minimum absolute atomic E-state index is 0.00663. The number of benzene rings is 3. The molecular weight excluding hydrogens is 564 g/mol. The van der Waals surface area contributed by atoms with E-state index in [1.165, 1.54) is 0 Å². The fraction of sp³-hybridized carbons (Fsp3) is 0.273. The lowest BCUT2D eigenvalue weighted by Crippen LogP contribution is -2.49. The topological polar surface area (TPSA) is 99.6 Å². The van der Waals surface area contributed by atoms with Crippen molar-refractivity contribution in [1.29, 1.82) is 0 Å². The summed E-state index contributed by atoms with van der Waals surface area (Å²) in [6.07, 6.45) is 1.81. The highest BCUT2D eigenvalue weighted by atomic mass is 35.5. The van der Waals surface area contributed by atoms with Gasteiger partial charge in [0.1, 0.15) is 11.7 Å². The van der Waals surface area contributed by atoms with Gasteiger partial charge in [-0.25, -0.2) is 0 Å². The molecule has 1 aliphatic heterocycles. The van der Waals surface area contributed by atoms with Crippen LogP contribution in [0.3, 0.4) is 0 Å². The minimum Gasteiger partial charge on any atom is -0.368 e. The summed E-state index contributed by atoms with van der Waals surface area (Å²) in [4.78, 5) is 43.5. The van der Waals surface area contributed by atoms with Crippen LogP contribution in [-0.4, -0.2) is 58.6 Å². The number of hydrogen-bond donors (Lipinski definition) is 2. The van der Waals surface area contributed by atoms with E-state index >= 15 is 0 Å². The molecule has 3 aromatic carbocycles. The lowest BCUT2D eigenvalue weighted by atomic mass is 10.0. The third kappa shape index (κ3) is 7.24. The average Bonchev–Trinajstić information content (AvgIpc) is 3.52. The van der Waals surface area contributed by atoms with Gasteiger partial charge in [-0.2, -0.15) is 5.10 Å². The maximum atomic E-state index is 13.5. The molecular formula is C33H35ClN6O3. The van der Waals surface area contributed by atoms with Crippen LogP contribution < -0.4 is 15.5 Å². The number of aromatic nitrogens is 2. The molecule has 1 atom stereocenters. The number of amides is 3. The van der Waals surface area contributed by atoms with E-state index in [-0.39, 0.29) is 24.3 Å². The molecule has 0 bridgehead atoms. The Hall–Kier alpha value is -4.63. The predicted molar refractivity (Wildman–Crippen MR) is 168 cm³/mol. The fourth-order valence-corrected chi connectivity index (χ4v) is 5.43. The summed E-state index contributed by atoms with van der Waals surface area (Å²) < 4.78 is 1.76. The summed E-state index contributed by atoms with van der Waals surface area (Å²) in [7, 11) is 0. The molecule has 0 spiro atoms. The lowest BCUT2D eigenvalue weighted by Gasteiger charge is -2.36. The van der Waals surface area contributed by atoms with E-state index in [9.17, 15) is 14.4 Å². The molecule has 1 aromatic heterocycles. The summed E-state index contributed by atoms with van der Waals surface area (Å²) in [5.41, 5.74) is 3.56. The van der Waals surface area contributed by atoms with Crippen LogP contribution in [-0.2, 0) is 16.0 Å². The standard InChI is InChI=1S/C33H35ClN6O3/c1-23(2)40-29(16-17-35-40)33(43)39-20-18-38(19-21-39)26-14-12-25(13-15-26)36-32(42)31(27-10-6-7-11-28(27)34)37-30(41)22-24-8-4-3-5-9-24/h3-17,23,31H,18-22H2,1-2H3,(H,36,42)(H,37,41)/t31-/m1/s1. The van der Waals surface area contributed by atoms with Crippen molar-refractivity contribution in [2.24, 2.45) is 0 Å². The van der Waals surface area contributed by atoms with Crippen LogP contribution in [0.4, 0.5) is 11.4 Å². The molecule has 1 aliphatic rings. The molecule has 222 valence electrons. The maximum absolute atomic E-state index is 13.5. The van der Waals surface area contributed by atoms with Gasteiger partial charge in [0.05, 0.1) is 6.42 Å². The highest BCUT2D eigenvalue weighted by molar-refractivity contribution is 6.31. The van der Waals surface area contributed by atoms with Gasteiger partial charge in [0, 0.05) is 60.4 Å². The largest absolute Gasteiger partial charge is 0.368 e. The van der Waals surface area contributed by atoms with Gasteiger partial charge >= 0.3 is 0 Å². The first kappa shape index (κ1) is 29.8. The quantitative estimate of drug-likeness (QED) is 0.279. The zero-order chi connectivity index (χ0) is 30.3. The highest BCUT2D eigenvalue weighted by Gasteiger charge is 2.27. The van der Waals surface area contributed by atoms with Crippen LogP contribution in [0.2, 0.25) is 5.02 Å². The summed E-state index contributed by atoms with van der Waals surface area (Å²) in [5, 5.41) is 10.5. The second-order valence-corrected chi connectivity index (χ2v) is 11.2. The molecule has 0 aliphatic carbocycles. The molecule has 3 amide bonds. The molecule has 4 aromatic rings. The van der Waals surface area contributed by atoms with Gasteiger partial charge in [0.15, 0.2) is 0 Å². The molecule has 43 heavy (non-hydrogen) atoms. The van der Waals surface area contributed by atoms with E-state index < -0.39 is 11.9 Å². The highest BCUT2D eigenvalue weighted by Crippen LogP contribution is 2.26. The van der Waals surface area contributed by atoms with Gasteiger partial charge in [-0.15, -0.1) is 0 Å². The molecule has 0 unspecified atom stereocenters. The van der Waals surface area contributed by atoms with Crippen LogP contribution in [0.25, 0.3) is 0 Å². The van der Waals surface area contributed by atoms with E-state index in [2.05, 4.69) is 20.6 Å². The molecule has 0 saturated carbocycles. The van der Waals surface area contributed by atoms with Crippen molar-refractivity contribution >= 4 is 40.7 Å². The first-order valence-electron chi connectivity index (χ1n) is 14.4. The fourth-order valence-electron chi connectivity index (χ4n) is 5.18. The van der Waals surface area contributed by atoms with Crippen molar-refractivity contribution in [3.05, 3.63) is 113 Å². The van der Waals surface area contributed by atoms with E-state index in [0.29, 0.717) is 48.1 Å². The Morgan fingerprint density at radius 3 is 2.21 bits per heavy atom. The van der Waals surface area contributed by atoms with Crippen LogP contribution in [0.5, 0.6) is 0 Å². The normalized spacial score (nSPS) is 14.0. The van der Waals surface area contributed by atoms with E-state index in [0.717, 1.165) is 11.3 Å². The van der Waals surface area contributed by atoms with E-state index in [1.54, 1.807) is 41.2 Å². The van der Waals surface area contributed by atoms with E-state index in [4.69, 9.17) is 11.6 Å². The smallest absolute Gasteiger partial charge is 0.272 e. The van der Waals surface area contributed by atoms with Crippen molar-refractivity contribution in [2.75, 3.05) is 36.4 Å². The Bertz CT molecular complexity index is 1560. The van der Waals surface area contributed by atoms with Crippen molar-refractivity contribution in [3.8, 4) is 0 Å². The predicted octanol–water partition coefficient (Wildman–Crippen LogP) is 5.12. The van der Waals surface area contributed by atoms with E-state index in [1.807, 2.05) is 73.3 Å². The number of hydrogen-bond acceptors (Lipinski definition) is 5. The van der Waals surface area contributed by atoms with Gasteiger partial charge in [-0.3, -0.25) is 19.1 Å².